The fourth-order valence-electron chi connectivity index (χ4n) is 1.12. The van der Waals surface area contributed by atoms with Gasteiger partial charge in [0.1, 0.15) is 0 Å². The van der Waals surface area contributed by atoms with E-state index in [1.807, 2.05) is 37.8 Å². The van der Waals surface area contributed by atoms with Gasteiger partial charge in [-0.25, -0.2) is 0 Å². The zero-order valence-corrected chi connectivity index (χ0v) is 10.6. The predicted octanol–water partition coefficient (Wildman–Crippen LogP) is 2.87. The molecule has 2 aromatic heterocycles. The van der Waals surface area contributed by atoms with Gasteiger partial charge in [-0.2, -0.15) is 5.10 Å². The molecule has 2 aromatic rings. The van der Waals surface area contributed by atoms with Gasteiger partial charge in [-0.3, -0.25) is 9.67 Å². The van der Waals surface area contributed by atoms with Crippen molar-refractivity contribution in [3.8, 4) is 0 Å². The van der Waals surface area contributed by atoms with Crippen LogP contribution >= 0.6 is 27.7 Å². The van der Waals surface area contributed by atoms with E-state index in [2.05, 4.69) is 26.0 Å². The Morgan fingerprint density at radius 1 is 1.40 bits per heavy atom. The molecule has 0 aliphatic rings. The normalized spacial score (nSPS) is 10.5. The van der Waals surface area contributed by atoms with Gasteiger partial charge >= 0.3 is 0 Å². The monoisotopic (exact) mass is 283 g/mol. The lowest BCUT2D eigenvalue weighted by molar-refractivity contribution is 0.766. The number of halogens is 1. The average molecular weight is 284 g/mol. The summed E-state index contributed by atoms with van der Waals surface area (Å²) in [6.45, 7) is 0. The molecule has 3 nitrogen and oxygen atoms in total. The van der Waals surface area contributed by atoms with Crippen molar-refractivity contribution in [2.24, 2.45) is 7.05 Å². The molecule has 0 aromatic carbocycles. The second-order valence-electron chi connectivity index (χ2n) is 3.11. The summed E-state index contributed by atoms with van der Waals surface area (Å²) in [5.74, 6) is 0.874. The molecule has 2 heterocycles. The Hall–Kier alpha value is -0.810. The number of nitrogens with zero attached hydrogens (tertiary/aromatic N) is 3. The van der Waals surface area contributed by atoms with Crippen LogP contribution in [-0.2, 0) is 12.8 Å². The Kier molecular flexibility index (Phi) is 3.43. The maximum atomic E-state index is 4.31. The first kappa shape index (κ1) is 10.7. The van der Waals surface area contributed by atoms with Crippen molar-refractivity contribution in [2.75, 3.05) is 0 Å². The van der Waals surface area contributed by atoms with E-state index < -0.39 is 0 Å². The molecule has 0 spiro atoms. The summed E-state index contributed by atoms with van der Waals surface area (Å²) in [6.07, 6.45) is 5.69. The van der Waals surface area contributed by atoms with E-state index in [-0.39, 0.29) is 0 Å². The topological polar surface area (TPSA) is 30.7 Å². The molecule has 0 amide bonds. The summed E-state index contributed by atoms with van der Waals surface area (Å²) < 4.78 is 2.81. The van der Waals surface area contributed by atoms with Gasteiger partial charge in [0, 0.05) is 34.6 Å². The van der Waals surface area contributed by atoms with E-state index in [0.29, 0.717) is 0 Å². The molecule has 0 N–H and O–H groups in total. The van der Waals surface area contributed by atoms with E-state index in [0.717, 1.165) is 15.9 Å². The van der Waals surface area contributed by atoms with Crippen LogP contribution in [0.3, 0.4) is 0 Å². The van der Waals surface area contributed by atoms with Crippen LogP contribution in [-0.4, -0.2) is 14.8 Å². The van der Waals surface area contributed by atoms with Crippen molar-refractivity contribution in [3.05, 3.63) is 40.9 Å². The minimum atomic E-state index is 0.874. The summed E-state index contributed by atoms with van der Waals surface area (Å²) in [7, 11) is 1.92. The smallest absolute Gasteiger partial charge is 0.0625 e. The molecule has 2 rings (SSSR count). The van der Waals surface area contributed by atoms with E-state index in [1.165, 1.54) is 4.90 Å². The standard InChI is InChI=1S/C10H10BrN3S/c1-14-6-10(5-13-14)15-7-9-3-2-8(11)4-12-9/h2-6H,7H2,1H3. The van der Waals surface area contributed by atoms with Crippen LogP contribution in [0.5, 0.6) is 0 Å². The molecule has 0 unspecified atom stereocenters. The third kappa shape index (κ3) is 3.07. The first-order chi connectivity index (χ1) is 7.24. The van der Waals surface area contributed by atoms with Gasteiger partial charge in [0.25, 0.3) is 0 Å². The number of pyridine rings is 1. The molecular weight excluding hydrogens is 274 g/mol. The van der Waals surface area contributed by atoms with Gasteiger partial charge in [0.2, 0.25) is 0 Å². The van der Waals surface area contributed by atoms with Gasteiger partial charge in [-0.15, -0.1) is 11.8 Å². The van der Waals surface area contributed by atoms with E-state index in [9.17, 15) is 0 Å². The lowest BCUT2D eigenvalue weighted by atomic mass is 10.4. The molecule has 15 heavy (non-hydrogen) atoms. The number of aromatic nitrogens is 3. The third-order valence-electron chi connectivity index (χ3n) is 1.86. The van der Waals surface area contributed by atoms with Gasteiger partial charge in [0.05, 0.1) is 11.9 Å². The summed E-state index contributed by atoms with van der Waals surface area (Å²) in [4.78, 5) is 5.47. The molecule has 0 saturated heterocycles. The van der Waals surface area contributed by atoms with Gasteiger partial charge in [-0.1, -0.05) is 0 Å². The number of hydrogen-bond donors (Lipinski definition) is 0. The minimum Gasteiger partial charge on any atom is -0.275 e. The van der Waals surface area contributed by atoms with Gasteiger partial charge in [0.15, 0.2) is 0 Å². The number of aryl methyl sites for hydroxylation is 1. The maximum Gasteiger partial charge on any atom is 0.0625 e. The molecule has 5 heteroatoms. The fraction of sp³-hybridized carbons (Fsp3) is 0.200. The molecule has 0 bridgehead atoms. The maximum absolute atomic E-state index is 4.31. The van der Waals surface area contributed by atoms with Crippen LogP contribution in [0.1, 0.15) is 5.69 Å². The first-order valence-electron chi connectivity index (χ1n) is 4.46. The van der Waals surface area contributed by atoms with E-state index >= 15 is 0 Å². The molecule has 0 aliphatic carbocycles. The van der Waals surface area contributed by atoms with Crippen LogP contribution in [0.4, 0.5) is 0 Å². The lowest BCUT2D eigenvalue weighted by Gasteiger charge is -1.98. The third-order valence-corrected chi connectivity index (χ3v) is 3.31. The lowest BCUT2D eigenvalue weighted by Crippen LogP contribution is -1.85. The molecular formula is C10H10BrN3S. The van der Waals surface area contributed by atoms with Crippen molar-refractivity contribution in [2.45, 2.75) is 10.6 Å². The Morgan fingerprint density at radius 2 is 2.27 bits per heavy atom. The number of hydrogen-bond acceptors (Lipinski definition) is 3. The van der Waals surface area contributed by atoms with Crippen molar-refractivity contribution in [1.29, 1.82) is 0 Å². The molecule has 0 radical (unpaired) electrons. The fourth-order valence-corrected chi connectivity index (χ4v) is 2.19. The summed E-state index contributed by atoms with van der Waals surface area (Å²) >= 11 is 5.10. The van der Waals surface area contributed by atoms with Crippen LogP contribution in [0.25, 0.3) is 0 Å². The van der Waals surface area contributed by atoms with Crippen molar-refractivity contribution in [1.82, 2.24) is 14.8 Å². The summed E-state index contributed by atoms with van der Waals surface area (Å²) in [6, 6.07) is 4.03. The Bertz CT molecular complexity index is 438. The largest absolute Gasteiger partial charge is 0.275 e. The summed E-state index contributed by atoms with van der Waals surface area (Å²) in [5.41, 5.74) is 1.08. The average Bonchev–Trinajstić information content (AvgIpc) is 2.64. The highest BCUT2D eigenvalue weighted by atomic mass is 79.9. The number of thioether (sulfide) groups is 1. The highest BCUT2D eigenvalue weighted by Gasteiger charge is 1.99. The Morgan fingerprint density at radius 3 is 2.87 bits per heavy atom. The van der Waals surface area contributed by atoms with Gasteiger partial charge < -0.3 is 0 Å². The quantitative estimate of drug-likeness (QED) is 0.812. The highest BCUT2D eigenvalue weighted by molar-refractivity contribution is 9.10. The first-order valence-corrected chi connectivity index (χ1v) is 6.24. The van der Waals surface area contributed by atoms with Crippen LogP contribution < -0.4 is 0 Å². The molecule has 0 aliphatic heterocycles. The zero-order valence-electron chi connectivity index (χ0n) is 8.22. The second-order valence-corrected chi connectivity index (χ2v) is 5.07. The predicted molar refractivity (Wildman–Crippen MR) is 64.7 cm³/mol. The molecule has 0 fully saturated rings. The Labute approximate surface area is 101 Å². The minimum absolute atomic E-state index is 0.874. The molecule has 0 saturated carbocycles. The highest BCUT2D eigenvalue weighted by Crippen LogP contribution is 2.21. The van der Waals surface area contributed by atoms with Crippen molar-refractivity contribution in [3.63, 3.8) is 0 Å². The van der Waals surface area contributed by atoms with E-state index in [4.69, 9.17) is 0 Å². The Balaban J connectivity index is 1.96. The summed E-state index contributed by atoms with van der Waals surface area (Å²) in [5, 5.41) is 4.11. The van der Waals surface area contributed by atoms with Crippen LogP contribution in [0, 0.1) is 0 Å². The second kappa shape index (κ2) is 4.81. The molecule has 0 atom stereocenters. The van der Waals surface area contributed by atoms with E-state index in [1.54, 1.807) is 16.4 Å². The van der Waals surface area contributed by atoms with Crippen LogP contribution in [0.15, 0.2) is 40.1 Å². The SMILES string of the molecule is Cn1cc(SCc2ccc(Br)cn2)cn1. The van der Waals surface area contributed by atoms with Crippen LogP contribution in [0.2, 0.25) is 0 Å². The van der Waals surface area contributed by atoms with Crippen molar-refractivity contribution >= 4 is 27.7 Å². The molecule has 78 valence electrons. The van der Waals surface area contributed by atoms with Gasteiger partial charge in [-0.05, 0) is 28.1 Å². The van der Waals surface area contributed by atoms with Crippen molar-refractivity contribution < 1.29 is 0 Å². The number of rotatable bonds is 3. The zero-order chi connectivity index (χ0) is 10.7.